The number of nitro benzene ring substituents is 1. The molecule has 1 aliphatic rings. The maximum absolute atomic E-state index is 13.4. The van der Waals surface area contributed by atoms with Crippen LogP contribution < -0.4 is 10.1 Å². The van der Waals surface area contributed by atoms with Crippen LogP contribution in [0, 0.1) is 10.1 Å². The lowest BCUT2D eigenvalue weighted by atomic mass is 9.88. The second-order valence-electron chi connectivity index (χ2n) is 9.93. The Morgan fingerprint density at radius 2 is 1.51 bits per heavy atom. The summed E-state index contributed by atoms with van der Waals surface area (Å²) in [5, 5.41) is 13.6. The lowest BCUT2D eigenvalue weighted by Gasteiger charge is -2.48. The summed E-state index contributed by atoms with van der Waals surface area (Å²) in [6.45, 7) is 3.48. The quantitative estimate of drug-likeness (QED) is 0.119. The highest BCUT2D eigenvalue weighted by atomic mass is 16.7. The Bertz CT molecular complexity index is 1360. The predicted molar refractivity (Wildman–Crippen MR) is 150 cm³/mol. The normalized spacial score (nSPS) is 21.4. The van der Waals surface area contributed by atoms with Gasteiger partial charge >= 0.3 is 41.6 Å². The lowest BCUT2D eigenvalue weighted by Crippen LogP contribution is -2.70. The summed E-state index contributed by atoms with van der Waals surface area (Å²) >= 11 is 0. The number of nitrogens with zero attached hydrogens (tertiary/aromatic N) is 1. The van der Waals surface area contributed by atoms with Gasteiger partial charge in [-0.15, -0.1) is 0 Å². The van der Waals surface area contributed by atoms with Crippen molar-refractivity contribution >= 4 is 47.4 Å². The van der Waals surface area contributed by atoms with Gasteiger partial charge in [0.2, 0.25) is 0 Å². The molecule has 0 saturated carbocycles. The van der Waals surface area contributed by atoms with E-state index in [1.807, 2.05) is 0 Å². The summed E-state index contributed by atoms with van der Waals surface area (Å²) in [4.78, 5) is 96.6. The van der Waals surface area contributed by atoms with Gasteiger partial charge in [-0.25, -0.2) is 4.79 Å². The molecule has 47 heavy (non-hydrogen) atoms. The Hall–Kier alpha value is -5.33. The molecule has 0 bridgehead atoms. The van der Waals surface area contributed by atoms with Crippen molar-refractivity contribution < 1.29 is 76.4 Å². The van der Waals surface area contributed by atoms with Crippen molar-refractivity contribution in [1.29, 1.82) is 0 Å². The first-order valence-electron chi connectivity index (χ1n) is 13.8. The van der Waals surface area contributed by atoms with Gasteiger partial charge in [-0.2, -0.15) is 0 Å². The molecule has 1 amide bonds. The Kier molecular flexibility index (Phi) is 13.6. The Labute approximate surface area is 267 Å². The van der Waals surface area contributed by atoms with Gasteiger partial charge in [-0.05, 0) is 12.1 Å². The van der Waals surface area contributed by atoms with Crippen LogP contribution in [0.5, 0.6) is 5.75 Å². The maximum atomic E-state index is 13.4. The van der Waals surface area contributed by atoms with Gasteiger partial charge in [0.15, 0.2) is 18.8 Å². The molecule has 0 aliphatic carbocycles. The Morgan fingerprint density at radius 1 is 0.915 bits per heavy atom. The van der Waals surface area contributed by atoms with Gasteiger partial charge in [-0.3, -0.25) is 38.9 Å². The number of amides is 1. The van der Waals surface area contributed by atoms with Gasteiger partial charge in [0, 0.05) is 46.8 Å². The number of hydrogen-bond acceptors (Lipinski definition) is 17. The highest BCUT2D eigenvalue weighted by molar-refractivity contribution is 5.81. The summed E-state index contributed by atoms with van der Waals surface area (Å²) in [5.74, 6) is -9.50. The first kappa shape index (κ1) is 37.9. The van der Waals surface area contributed by atoms with Crippen LogP contribution in [0.25, 0.3) is 0 Å². The van der Waals surface area contributed by atoms with Crippen molar-refractivity contribution in [2.24, 2.45) is 0 Å². The third-order valence-electron chi connectivity index (χ3n) is 6.19. The molecule has 6 atom stereocenters. The van der Waals surface area contributed by atoms with Crippen LogP contribution in [-0.2, 0) is 66.7 Å². The number of methoxy groups -OCH3 is 1. The van der Waals surface area contributed by atoms with Crippen LogP contribution in [0.4, 0.5) is 5.69 Å². The van der Waals surface area contributed by atoms with E-state index in [2.05, 4.69) is 5.32 Å². The summed E-state index contributed by atoms with van der Waals surface area (Å²) in [6, 6.07) is 2.79. The van der Waals surface area contributed by atoms with E-state index in [1.54, 1.807) is 0 Å². The second kappa shape index (κ2) is 16.8. The van der Waals surface area contributed by atoms with Gasteiger partial charge in [0.25, 0.3) is 11.6 Å². The fraction of sp³-hybridized carbons (Fsp3) is 0.536. The number of esters is 6. The van der Waals surface area contributed by atoms with Crippen molar-refractivity contribution in [3.05, 3.63) is 34.4 Å². The molecule has 1 saturated heterocycles. The van der Waals surface area contributed by atoms with Crippen LogP contribution in [0.1, 0.15) is 41.0 Å². The van der Waals surface area contributed by atoms with Crippen molar-refractivity contribution in [3.63, 3.8) is 0 Å². The lowest BCUT2D eigenvalue weighted by molar-refractivity contribution is -0.384. The fourth-order valence-corrected chi connectivity index (χ4v) is 4.49. The average Bonchev–Trinajstić information content (AvgIpc) is 2.97. The van der Waals surface area contributed by atoms with Crippen molar-refractivity contribution in [2.75, 3.05) is 20.3 Å². The van der Waals surface area contributed by atoms with E-state index in [4.69, 9.17) is 37.9 Å². The zero-order valence-corrected chi connectivity index (χ0v) is 26.2. The minimum atomic E-state index is -2.59. The first-order valence-corrected chi connectivity index (χ1v) is 13.8. The summed E-state index contributed by atoms with van der Waals surface area (Å²) < 4.78 is 42.9. The van der Waals surface area contributed by atoms with Crippen LogP contribution >= 0.6 is 0 Å². The molecule has 1 unspecified atom stereocenters. The topological polar surface area (TPSA) is 248 Å². The minimum absolute atomic E-state index is 0.181. The monoisotopic (exact) mass is 670 g/mol. The van der Waals surface area contributed by atoms with E-state index in [0.717, 1.165) is 66.0 Å². The van der Waals surface area contributed by atoms with Crippen LogP contribution in [-0.4, -0.2) is 103 Å². The number of non-ortho nitro benzene ring substituents is 1. The summed E-state index contributed by atoms with van der Waals surface area (Å²) in [5.41, 5.74) is -0.329. The highest BCUT2D eigenvalue weighted by Gasteiger charge is 2.60. The second-order valence-corrected chi connectivity index (χ2v) is 9.93. The van der Waals surface area contributed by atoms with E-state index in [9.17, 15) is 43.7 Å². The van der Waals surface area contributed by atoms with E-state index in [-0.39, 0.29) is 11.4 Å². The van der Waals surface area contributed by atoms with Crippen LogP contribution in [0.15, 0.2) is 24.3 Å². The molecule has 19 heteroatoms. The molecule has 0 radical (unpaired) electrons. The van der Waals surface area contributed by atoms with Gasteiger partial charge in [0.1, 0.15) is 24.6 Å². The molecule has 1 N–H and O–H groups in total. The third kappa shape index (κ3) is 11.2. The molecule has 0 aromatic heterocycles. The van der Waals surface area contributed by atoms with Gasteiger partial charge in [-0.1, -0.05) is 0 Å². The largest absolute Gasteiger partial charge is 0.464 e. The molecule has 1 aromatic carbocycles. The molecule has 1 fully saturated rings. The number of nitrogens with one attached hydrogen (secondary N) is 1. The smallest absolute Gasteiger partial charge is 0.379 e. The molecule has 2 rings (SSSR count). The van der Waals surface area contributed by atoms with Gasteiger partial charge < -0.3 is 43.2 Å². The SMILES string of the molecule is COC(=O)[C@@]1(Oc2ccc([N+](=O)[O-])cc2)C[C@@H](OC(C)=O)[C@@H](NC(=O)COC(C)=O)C([C@H](OC(C)=O)[C@@H](COC(C)=O)OC(C)=O)O1. The van der Waals surface area contributed by atoms with E-state index in [0.29, 0.717) is 0 Å². The number of carbonyl (C=O) groups excluding carboxylic acids is 7. The maximum Gasteiger partial charge on any atom is 0.379 e. The zero-order chi connectivity index (χ0) is 35.5. The molecule has 0 spiro atoms. The minimum Gasteiger partial charge on any atom is -0.464 e. The third-order valence-corrected chi connectivity index (χ3v) is 6.19. The Balaban J connectivity index is 2.81. The summed E-state index contributed by atoms with van der Waals surface area (Å²) in [7, 11) is 0.960. The molecule has 1 heterocycles. The molecule has 1 aliphatic heterocycles. The van der Waals surface area contributed by atoms with Crippen molar-refractivity contribution in [3.8, 4) is 5.75 Å². The predicted octanol–water partition coefficient (Wildman–Crippen LogP) is 0.0379. The average molecular weight is 671 g/mol. The van der Waals surface area contributed by atoms with E-state index < -0.39 is 103 Å². The van der Waals surface area contributed by atoms with Crippen molar-refractivity contribution in [2.45, 2.75) is 77.3 Å². The molecular weight excluding hydrogens is 636 g/mol. The number of benzene rings is 1. The fourth-order valence-electron chi connectivity index (χ4n) is 4.49. The van der Waals surface area contributed by atoms with Crippen molar-refractivity contribution in [1.82, 2.24) is 5.32 Å². The standard InChI is InChI=1S/C28H34N2O17/c1-14(31)41-12-22(44-17(4)34)25(45-18(5)35)26-24(29-23(36)13-42-15(2)32)21(43-16(3)33)11-28(47-26,27(37)40-6)46-20-9-7-19(8-10-20)30(38)39/h7-10,21-22,24-26H,11-13H2,1-6H3,(H,29,36)/t21-,22-,24-,25-,26?,28-/m1/s1. The number of rotatable bonds is 14. The van der Waals surface area contributed by atoms with Crippen LogP contribution in [0.2, 0.25) is 0 Å². The number of nitro groups is 1. The first-order chi connectivity index (χ1) is 22.0. The number of hydrogen-bond donors (Lipinski definition) is 1. The Morgan fingerprint density at radius 3 is 2.00 bits per heavy atom. The zero-order valence-electron chi connectivity index (χ0n) is 26.2. The number of carbonyl (C=O) groups is 7. The molecule has 258 valence electrons. The number of ether oxygens (including phenoxy) is 8. The summed E-state index contributed by atoms with van der Waals surface area (Å²) in [6.07, 6.45) is -7.63. The highest BCUT2D eigenvalue weighted by Crippen LogP contribution is 2.38. The molecule has 1 aromatic rings. The van der Waals surface area contributed by atoms with Crippen LogP contribution in [0.3, 0.4) is 0 Å². The van der Waals surface area contributed by atoms with E-state index >= 15 is 0 Å². The van der Waals surface area contributed by atoms with Gasteiger partial charge in [0.05, 0.1) is 24.5 Å². The molecule has 19 nitrogen and oxygen atoms in total. The molecular formula is C28H34N2O17. The van der Waals surface area contributed by atoms with E-state index in [1.165, 1.54) is 0 Å².